The van der Waals surface area contributed by atoms with Crippen molar-refractivity contribution >= 4 is 11.6 Å². The Kier molecular flexibility index (Phi) is 2.78. The van der Waals surface area contributed by atoms with Gasteiger partial charge in [0.25, 0.3) is 5.56 Å². The number of pyridine rings is 1. The quantitative estimate of drug-likeness (QED) is 0.769. The van der Waals surface area contributed by atoms with E-state index in [4.69, 9.17) is 11.6 Å². The van der Waals surface area contributed by atoms with Gasteiger partial charge >= 0.3 is 0 Å². The van der Waals surface area contributed by atoms with Crippen molar-refractivity contribution in [3.8, 4) is 0 Å². The lowest BCUT2D eigenvalue weighted by molar-refractivity contribution is 0.747. The molecule has 0 saturated carbocycles. The van der Waals surface area contributed by atoms with E-state index in [1.165, 1.54) is 10.8 Å². The van der Waals surface area contributed by atoms with Crippen LogP contribution in [0.5, 0.6) is 0 Å². The fourth-order valence-corrected chi connectivity index (χ4v) is 1.39. The summed E-state index contributed by atoms with van der Waals surface area (Å²) in [7, 11) is 0. The Bertz CT molecular complexity index is 510. The molecule has 15 heavy (non-hydrogen) atoms. The number of aromatic nitrogens is 3. The average molecular weight is 222 g/mol. The van der Waals surface area contributed by atoms with Crippen LogP contribution in [0.4, 0.5) is 0 Å². The van der Waals surface area contributed by atoms with Crippen LogP contribution in [0, 0.1) is 0 Å². The third-order valence-corrected chi connectivity index (χ3v) is 2.23. The first-order valence-corrected chi connectivity index (χ1v) is 4.75. The zero-order valence-corrected chi connectivity index (χ0v) is 8.55. The molecule has 0 fully saturated rings. The standard InChI is InChI=1S/C10H8ClN3O/c11-9-10(15)14(6-5-13-9)7-8-1-3-12-4-2-8/h1-6H,7H2. The van der Waals surface area contributed by atoms with Crippen molar-refractivity contribution in [2.75, 3.05) is 0 Å². The van der Waals surface area contributed by atoms with E-state index >= 15 is 0 Å². The van der Waals surface area contributed by atoms with Crippen LogP contribution in [0.15, 0.2) is 41.7 Å². The predicted octanol–water partition coefficient (Wildman–Crippen LogP) is 1.34. The first-order valence-electron chi connectivity index (χ1n) is 4.37. The zero-order chi connectivity index (χ0) is 10.7. The van der Waals surface area contributed by atoms with Crippen molar-refractivity contribution in [2.24, 2.45) is 0 Å². The normalized spacial score (nSPS) is 10.2. The molecule has 2 aromatic rings. The van der Waals surface area contributed by atoms with Gasteiger partial charge in [-0.15, -0.1) is 0 Å². The van der Waals surface area contributed by atoms with E-state index in [-0.39, 0.29) is 10.7 Å². The van der Waals surface area contributed by atoms with Gasteiger partial charge in [-0.25, -0.2) is 4.98 Å². The van der Waals surface area contributed by atoms with Crippen LogP contribution in [-0.4, -0.2) is 14.5 Å². The minimum Gasteiger partial charge on any atom is -0.307 e. The molecule has 0 atom stereocenters. The van der Waals surface area contributed by atoms with E-state index in [1.807, 2.05) is 12.1 Å². The monoisotopic (exact) mass is 221 g/mol. The zero-order valence-electron chi connectivity index (χ0n) is 7.80. The molecule has 2 heterocycles. The lowest BCUT2D eigenvalue weighted by Crippen LogP contribution is -2.21. The largest absolute Gasteiger partial charge is 0.307 e. The van der Waals surface area contributed by atoms with E-state index in [9.17, 15) is 4.79 Å². The van der Waals surface area contributed by atoms with E-state index in [0.29, 0.717) is 6.54 Å². The number of halogens is 1. The molecule has 0 unspecified atom stereocenters. The fraction of sp³-hybridized carbons (Fsp3) is 0.100. The highest BCUT2D eigenvalue weighted by molar-refractivity contribution is 6.29. The lowest BCUT2D eigenvalue weighted by Gasteiger charge is -2.04. The molecular formula is C10H8ClN3O. The smallest absolute Gasteiger partial charge is 0.288 e. The molecule has 0 aliphatic rings. The number of hydrogen-bond acceptors (Lipinski definition) is 3. The molecule has 0 aromatic carbocycles. The van der Waals surface area contributed by atoms with Crippen molar-refractivity contribution in [3.63, 3.8) is 0 Å². The SMILES string of the molecule is O=c1c(Cl)nccn1Cc1ccncc1. The highest BCUT2D eigenvalue weighted by atomic mass is 35.5. The summed E-state index contributed by atoms with van der Waals surface area (Å²) >= 11 is 5.62. The Morgan fingerprint density at radius 2 is 2.00 bits per heavy atom. The van der Waals surface area contributed by atoms with E-state index in [2.05, 4.69) is 9.97 Å². The molecule has 5 heteroatoms. The molecule has 0 N–H and O–H groups in total. The summed E-state index contributed by atoms with van der Waals surface area (Å²) in [6.45, 7) is 0.476. The molecule has 2 rings (SSSR count). The summed E-state index contributed by atoms with van der Waals surface area (Å²) in [6.07, 6.45) is 6.48. The highest BCUT2D eigenvalue weighted by Gasteiger charge is 2.01. The van der Waals surface area contributed by atoms with Crippen molar-refractivity contribution < 1.29 is 0 Å². The summed E-state index contributed by atoms with van der Waals surface area (Å²) in [5.74, 6) is 0. The van der Waals surface area contributed by atoms with Gasteiger partial charge in [0.2, 0.25) is 0 Å². The van der Waals surface area contributed by atoms with Crippen LogP contribution in [-0.2, 0) is 6.54 Å². The molecule has 0 bridgehead atoms. The van der Waals surface area contributed by atoms with Crippen LogP contribution >= 0.6 is 11.6 Å². The van der Waals surface area contributed by atoms with Gasteiger partial charge in [0.15, 0.2) is 5.15 Å². The Balaban J connectivity index is 2.33. The van der Waals surface area contributed by atoms with Gasteiger partial charge in [0.05, 0.1) is 6.54 Å². The molecule has 0 radical (unpaired) electrons. The van der Waals surface area contributed by atoms with Crippen molar-refractivity contribution in [1.29, 1.82) is 0 Å². The van der Waals surface area contributed by atoms with Gasteiger partial charge in [-0.2, -0.15) is 0 Å². The summed E-state index contributed by atoms with van der Waals surface area (Å²) < 4.78 is 1.50. The van der Waals surface area contributed by atoms with Gasteiger partial charge < -0.3 is 4.57 Å². The van der Waals surface area contributed by atoms with Gasteiger partial charge in [-0.1, -0.05) is 11.6 Å². The van der Waals surface area contributed by atoms with Crippen LogP contribution in [0.2, 0.25) is 5.15 Å². The van der Waals surface area contributed by atoms with Crippen LogP contribution < -0.4 is 5.56 Å². The second kappa shape index (κ2) is 4.23. The van der Waals surface area contributed by atoms with Gasteiger partial charge in [-0.05, 0) is 17.7 Å². The van der Waals surface area contributed by atoms with Crippen LogP contribution in [0.25, 0.3) is 0 Å². The maximum Gasteiger partial charge on any atom is 0.288 e. The minimum absolute atomic E-state index is 0.00782. The fourth-order valence-electron chi connectivity index (χ4n) is 1.23. The highest BCUT2D eigenvalue weighted by Crippen LogP contribution is 2.00. The third kappa shape index (κ3) is 2.22. The van der Waals surface area contributed by atoms with Crippen molar-refractivity contribution in [3.05, 3.63) is 58.0 Å². The summed E-state index contributed by atoms with van der Waals surface area (Å²) in [6, 6.07) is 3.70. The second-order valence-corrected chi connectivity index (χ2v) is 3.36. The predicted molar refractivity (Wildman–Crippen MR) is 56.8 cm³/mol. The third-order valence-electron chi connectivity index (χ3n) is 1.97. The number of nitrogens with zero attached hydrogens (tertiary/aromatic N) is 3. The maximum absolute atomic E-state index is 11.5. The molecule has 0 spiro atoms. The van der Waals surface area contributed by atoms with E-state index in [1.54, 1.807) is 18.6 Å². The van der Waals surface area contributed by atoms with Crippen molar-refractivity contribution in [2.45, 2.75) is 6.54 Å². The molecule has 2 aromatic heterocycles. The molecule has 4 nitrogen and oxygen atoms in total. The lowest BCUT2D eigenvalue weighted by atomic mass is 10.3. The second-order valence-electron chi connectivity index (χ2n) is 3.01. The van der Waals surface area contributed by atoms with Gasteiger partial charge in [0, 0.05) is 24.8 Å². The van der Waals surface area contributed by atoms with Crippen LogP contribution in [0.1, 0.15) is 5.56 Å². The van der Waals surface area contributed by atoms with Gasteiger partial charge in [0.1, 0.15) is 0 Å². The number of rotatable bonds is 2. The summed E-state index contributed by atoms with van der Waals surface area (Å²) in [4.78, 5) is 19.1. The summed E-state index contributed by atoms with van der Waals surface area (Å²) in [5.41, 5.74) is 0.713. The van der Waals surface area contributed by atoms with Gasteiger partial charge in [-0.3, -0.25) is 9.78 Å². The molecular weight excluding hydrogens is 214 g/mol. The maximum atomic E-state index is 11.5. The molecule has 0 amide bonds. The topological polar surface area (TPSA) is 47.8 Å². The Labute approximate surface area is 91.2 Å². The minimum atomic E-state index is -0.282. The molecule has 0 aliphatic heterocycles. The average Bonchev–Trinajstić information content (AvgIpc) is 2.26. The van der Waals surface area contributed by atoms with Crippen LogP contribution in [0.3, 0.4) is 0 Å². The Morgan fingerprint density at radius 1 is 1.27 bits per heavy atom. The Hall–Kier alpha value is -1.68. The molecule has 76 valence electrons. The first kappa shape index (κ1) is 9.86. The first-order chi connectivity index (χ1) is 7.27. The summed E-state index contributed by atoms with van der Waals surface area (Å²) in [5, 5.41) is -0.00782. The van der Waals surface area contributed by atoms with E-state index < -0.39 is 0 Å². The van der Waals surface area contributed by atoms with Crippen molar-refractivity contribution in [1.82, 2.24) is 14.5 Å². The molecule has 0 saturated heterocycles. The molecule has 0 aliphatic carbocycles. The number of hydrogen-bond donors (Lipinski definition) is 0. The van der Waals surface area contributed by atoms with E-state index in [0.717, 1.165) is 5.56 Å². The Morgan fingerprint density at radius 3 is 2.73 bits per heavy atom.